The number of benzene rings is 3. The molecule has 0 radical (unpaired) electrons. The van der Waals surface area contributed by atoms with Gasteiger partial charge in [-0.05, 0) is 91.7 Å². The van der Waals surface area contributed by atoms with E-state index >= 15 is 0 Å². The molecule has 0 saturated carbocycles. The third kappa shape index (κ3) is 12.3. The minimum absolute atomic E-state index is 0.221. The largest absolute Gasteiger partial charge is 0.494 e. The Hall–Kier alpha value is -3.97. The first kappa shape index (κ1) is 32.5. The summed E-state index contributed by atoms with van der Waals surface area (Å²) >= 11 is 0. The van der Waals surface area contributed by atoms with Gasteiger partial charge in [0.15, 0.2) is 0 Å². The van der Waals surface area contributed by atoms with Crippen LogP contribution in [-0.4, -0.2) is 44.6 Å². The molecule has 7 nitrogen and oxygen atoms in total. The average Bonchev–Trinajstić information content (AvgIpc) is 3.02. The molecule has 42 heavy (non-hydrogen) atoms. The third-order valence-electron chi connectivity index (χ3n) is 6.58. The van der Waals surface area contributed by atoms with Crippen LogP contribution >= 0.6 is 0 Å². The molecule has 7 heteroatoms. The number of aliphatic imine (C=N–C) groups is 1. The van der Waals surface area contributed by atoms with E-state index in [1.807, 2.05) is 19.1 Å². The highest BCUT2D eigenvalue weighted by molar-refractivity contribution is 5.91. The van der Waals surface area contributed by atoms with Crippen LogP contribution in [0, 0.1) is 0 Å². The molecule has 0 unspecified atom stereocenters. The van der Waals surface area contributed by atoms with Gasteiger partial charge in [-0.3, -0.25) is 4.99 Å². The van der Waals surface area contributed by atoms with Gasteiger partial charge in [0.05, 0.1) is 30.0 Å². The summed E-state index contributed by atoms with van der Waals surface area (Å²) in [4.78, 5) is 29.1. The fourth-order valence-corrected chi connectivity index (χ4v) is 4.15. The topological polar surface area (TPSA) is 83.4 Å². The van der Waals surface area contributed by atoms with E-state index < -0.39 is 11.9 Å². The van der Waals surface area contributed by atoms with Crippen LogP contribution in [0.1, 0.15) is 91.5 Å². The Morgan fingerprint density at radius 3 is 1.90 bits per heavy atom. The molecule has 0 aliphatic carbocycles. The number of unbranched alkanes of at least 4 members (excludes halogenated alkanes) is 7. The van der Waals surface area contributed by atoms with Gasteiger partial charge in [0.2, 0.25) is 0 Å². The summed E-state index contributed by atoms with van der Waals surface area (Å²) in [5.41, 5.74) is 2.45. The molecule has 0 fully saturated rings. The molecule has 0 aliphatic rings. The number of carbonyl (C=O) groups excluding carboxylic acids is 2. The van der Waals surface area contributed by atoms with Gasteiger partial charge in [-0.2, -0.15) is 0 Å². The highest BCUT2D eigenvalue weighted by atomic mass is 16.6. The highest BCUT2D eigenvalue weighted by Gasteiger charge is 2.09. The molecule has 3 aromatic rings. The van der Waals surface area contributed by atoms with Crippen LogP contribution in [0.2, 0.25) is 0 Å². The maximum atomic E-state index is 12.6. The molecule has 0 amide bonds. The summed E-state index contributed by atoms with van der Waals surface area (Å²) in [5, 5.41) is 0. The quantitative estimate of drug-likeness (QED) is 0.0620. The Balaban J connectivity index is 1.38. The van der Waals surface area contributed by atoms with Gasteiger partial charge >= 0.3 is 11.9 Å². The van der Waals surface area contributed by atoms with Crippen molar-refractivity contribution >= 4 is 23.8 Å². The predicted molar refractivity (Wildman–Crippen MR) is 166 cm³/mol. The molecule has 0 spiro atoms. The Kier molecular flexibility index (Phi) is 14.9. The summed E-state index contributed by atoms with van der Waals surface area (Å²) < 4.78 is 21.7. The molecule has 3 rings (SSSR count). The summed E-state index contributed by atoms with van der Waals surface area (Å²) in [5.74, 6) is 0.376. The van der Waals surface area contributed by atoms with Crippen molar-refractivity contribution in [2.24, 2.45) is 4.99 Å². The lowest BCUT2D eigenvalue weighted by Crippen LogP contribution is -2.10. The summed E-state index contributed by atoms with van der Waals surface area (Å²) in [6.07, 6.45) is 11.8. The Morgan fingerprint density at radius 1 is 0.643 bits per heavy atom. The molecule has 0 N–H and O–H groups in total. The van der Waals surface area contributed by atoms with Crippen LogP contribution in [0.15, 0.2) is 77.8 Å². The van der Waals surface area contributed by atoms with Gasteiger partial charge in [0.25, 0.3) is 0 Å². The lowest BCUT2D eigenvalue weighted by molar-refractivity contribution is 0.0335. The zero-order chi connectivity index (χ0) is 29.8. The minimum atomic E-state index is -0.428. The van der Waals surface area contributed by atoms with E-state index in [0.717, 1.165) is 17.7 Å². The highest BCUT2D eigenvalue weighted by Crippen LogP contribution is 2.18. The number of nitrogens with zero attached hydrogens (tertiary/aromatic N) is 1. The number of esters is 2. The van der Waals surface area contributed by atoms with Crippen LogP contribution in [-0.2, 0) is 9.47 Å². The van der Waals surface area contributed by atoms with E-state index in [-0.39, 0.29) is 6.61 Å². The van der Waals surface area contributed by atoms with Crippen LogP contribution < -0.4 is 9.47 Å². The van der Waals surface area contributed by atoms with Gasteiger partial charge in [-0.1, -0.05) is 51.9 Å². The van der Waals surface area contributed by atoms with Crippen molar-refractivity contribution in [3.05, 3.63) is 89.5 Å². The summed E-state index contributed by atoms with van der Waals surface area (Å²) in [7, 11) is 0. The SMILES string of the molecule is CCCCCCCCCCOc1ccc(C(=O)Oc2ccc(C=Nc3ccc(C(=O)OCCOCC)cc3)cc2)cc1. The first-order valence-electron chi connectivity index (χ1n) is 15.0. The Labute approximate surface area is 249 Å². The molecule has 3 aromatic carbocycles. The number of hydrogen-bond acceptors (Lipinski definition) is 7. The molecule has 224 valence electrons. The van der Waals surface area contributed by atoms with Crippen molar-refractivity contribution < 1.29 is 28.5 Å². The summed E-state index contributed by atoms with van der Waals surface area (Å²) in [6.45, 7) is 6.00. The van der Waals surface area contributed by atoms with Gasteiger partial charge in [-0.15, -0.1) is 0 Å². The summed E-state index contributed by atoms with van der Waals surface area (Å²) in [6, 6.07) is 21.0. The normalized spacial score (nSPS) is 11.0. The Morgan fingerprint density at radius 2 is 1.24 bits per heavy atom. The average molecular weight is 574 g/mol. The van der Waals surface area contributed by atoms with Crippen molar-refractivity contribution in [2.75, 3.05) is 26.4 Å². The molecule has 0 bridgehead atoms. The van der Waals surface area contributed by atoms with Crippen molar-refractivity contribution in [3.8, 4) is 11.5 Å². The van der Waals surface area contributed by atoms with Gasteiger partial charge in [-0.25, -0.2) is 9.59 Å². The van der Waals surface area contributed by atoms with Crippen molar-refractivity contribution in [2.45, 2.75) is 65.2 Å². The van der Waals surface area contributed by atoms with Gasteiger partial charge < -0.3 is 18.9 Å². The van der Waals surface area contributed by atoms with Crippen molar-refractivity contribution in [3.63, 3.8) is 0 Å². The van der Waals surface area contributed by atoms with E-state index in [1.165, 1.54) is 44.9 Å². The molecule has 0 aliphatic heterocycles. The second-order valence-corrected chi connectivity index (χ2v) is 9.94. The minimum Gasteiger partial charge on any atom is -0.494 e. The monoisotopic (exact) mass is 573 g/mol. The molecule has 0 saturated heterocycles. The van der Waals surface area contributed by atoms with E-state index in [2.05, 4.69) is 11.9 Å². The maximum Gasteiger partial charge on any atom is 0.343 e. The maximum absolute atomic E-state index is 12.6. The standard InChI is InChI=1S/C35H43NO6/c1-3-5-6-7-8-9-10-11-24-40-32-22-16-30(17-23-32)35(38)42-33-20-12-28(13-21-33)27-36-31-18-14-29(15-19-31)34(37)41-26-25-39-4-2/h12-23,27H,3-11,24-26H2,1-2H3. The first-order chi connectivity index (χ1) is 20.6. The van der Waals surface area contributed by atoms with E-state index in [4.69, 9.17) is 18.9 Å². The molecular weight excluding hydrogens is 530 g/mol. The predicted octanol–water partition coefficient (Wildman–Crippen LogP) is 8.37. The number of ether oxygens (including phenoxy) is 4. The number of carbonyl (C=O) groups is 2. The molecular formula is C35H43NO6. The zero-order valence-corrected chi connectivity index (χ0v) is 24.9. The van der Waals surface area contributed by atoms with Gasteiger partial charge in [0.1, 0.15) is 18.1 Å². The fourth-order valence-electron chi connectivity index (χ4n) is 4.15. The van der Waals surface area contributed by atoms with E-state index in [1.54, 1.807) is 66.9 Å². The lowest BCUT2D eigenvalue weighted by atomic mass is 10.1. The zero-order valence-electron chi connectivity index (χ0n) is 24.9. The third-order valence-corrected chi connectivity index (χ3v) is 6.58. The van der Waals surface area contributed by atoms with Crippen LogP contribution in [0.5, 0.6) is 11.5 Å². The lowest BCUT2D eigenvalue weighted by Gasteiger charge is -2.08. The van der Waals surface area contributed by atoms with Crippen molar-refractivity contribution in [1.29, 1.82) is 0 Å². The molecule has 0 atom stereocenters. The molecule has 0 aromatic heterocycles. The van der Waals surface area contributed by atoms with Crippen LogP contribution in [0.4, 0.5) is 5.69 Å². The molecule has 0 heterocycles. The number of hydrogen-bond donors (Lipinski definition) is 0. The second kappa shape index (κ2) is 19.2. The van der Waals surface area contributed by atoms with E-state index in [0.29, 0.717) is 42.4 Å². The number of rotatable bonds is 19. The van der Waals surface area contributed by atoms with Gasteiger partial charge in [0, 0.05) is 12.8 Å². The first-order valence-corrected chi connectivity index (χ1v) is 15.0. The van der Waals surface area contributed by atoms with Crippen LogP contribution in [0.25, 0.3) is 0 Å². The fraction of sp³-hybridized carbons (Fsp3) is 0.400. The smallest absolute Gasteiger partial charge is 0.343 e. The Bertz CT molecular complexity index is 1220. The second-order valence-electron chi connectivity index (χ2n) is 9.94. The van der Waals surface area contributed by atoms with E-state index in [9.17, 15) is 9.59 Å². The van der Waals surface area contributed by atoms with Crippen molar-refractivity contribution in [1.82, 2.24) is 0 Å². The van der Waals surface area contributed by atoms with Crippen LogP contribution in [0.3, 0.4) is 0 Å².